The van der Waals surface area contributed by atoms with Gasteiger partial charge in [-0.05, 0) is 94.1 Å². The molecule has 0 aliphatic heterocycles. The first-order chi connectivity index (χ1) is 14.8. The van der Waals surface area contributed by atoms with E-state index in [4.69, 9.17) is 4.74 Å². The lowest BCUT2D eigenvalue weighted by Gasteiger charge is -2.52. The molecule has 1 fully saturated rings. The number of hydrogen-bond donors (Lipinski definition) is 2. The minimum absolute atomic E-state index is 0.0950. The van der Waals surface area contributed by atoms with Gasteiger partial charge >= 0.3 is 6.09 Å². The van der Waals surface area contributed by atoms with Crippen molar-refractivity contribution in [1.29, 1.82) is 0 Å². The Morgan fingerprint density at radius 3 is 2.87 bits per heavy atom. The number of carbonyl (C=O) groups excluding carboxylic acids is 1. The summed E-state index contributed by atoms with van der Waals surface area (Å²) < 4.78 is 5.55. The van der Waals surface area contributed by atoms with Crippen molar-refractivity contribution in [1.82, 2.24) is 10.2 Å². The third-order valence-corrected chi connectivity index (χ3v) is 7.10. The summed E-state index contributed by atoms with van der Waals surface area (Å²) in [5.41, 5.74) is 1.93. The molecule has 170 valence electrons. The summed E-state index contributed by atoms with van der Waals surface area (Å²) in [7, 11) is 3.94. The van der Waals surface area contributed by atoms with Gasteiger partial charge in [0, 0.05) is 13.1 Å². The summed E-state index contributed by atoms with van der Waals surface area (Å²) >= 11 is 0. The number of fused-ring (bicyclic) bond motifs is 3. The van der Waals surface area contributed by atoms with Gasteiger partial charge in [-0.1, -0.05) is 31.8 Å². The first-order valence-electron chi connectivity index (χ1n) is 11.7. The van der Waals surface area contributed by atoms with Gasteiger partial charge in [-0.15, -0.1) is 5.92 Å². The largest absolute Gasteiger partial charge is 0.412 e. The zero-order valence-corrected chi connectivity index (χ0v) is 19.6. The van der Waals surface area contributed by atoms with Crippen LogP contribution in [0.1, 0.15) is 69.9 Å². The lowest BCUT2D eigenvalue weighted by Crippen LogP contribution is -2.49. The average Bonchev–Trinajstić information content (AvgIpc) is 2.72. The summed E-state index contributed by atoms with van der Waals surface area (Å²) in [4.78, 5) is 14.2. The van der Waals surface area contributed by atoms with Gasteiger partial charge in [0.1, 0.15) is 11.4 Å². The Kier molecular flexibility index (Phi) is 7.67. The molecule has 2 aliphatic carbocycles. The third kappa shape index (κ3) is 5.42. The molecule has 31 heavy (non-hydrogen) atoms. The van der Waals surface area contributed by atoms with E-state index < -0.39 is 11.7 Å². The molecule has 5 nitrogen and oxygen atoms in total. The monoisotopic (exact) mass is 426 g/mol. The van der Waals surface area contributed by atoms with Gasteiger partial charge in [0.2, 0.25) is 0 Å². The number of carbonyl (C=O) groups is 1. The second kappa shape index (κ2) is 10.1. The zero-order valence-electron chi connectivity index (χ0n) is 19.6. The fourth-order valence-electron chi connectivity index (χ4n) is 5.55. The Morgan fingerprint density at radius 1 is 1.35 bits per heavy atom. The third-order valence-electron chi connectivity index (χ3n) is 7.10. The van der Waals surface area contributed by atoms with Crippen molar-refractivity contribution >= 4 is 6.09 Å². The van der Waals surface area contributed by atoms with Crippen LogP contribution < -0.4 is 10.1 Å². The van der Waals surface area contributed by atoms with Crippen molar-refractivity contribution in [2.24, 2.45) is 5.92 Å². The maximum Gasteiger partial charge on any atom is 0.412 e. The van der Waals surface area contributed by atoms with Crippen LogP contribution in [0.2, 0.25) is 0 Å². The molecule has 1 amide bonds. The van der Waals surface area contributed by atoms with E-state index in [-0.39, 0.29) is 5.41 Å². The van der Waals surface area contributed by atoms with E-state index >= 15 is 0 Å². The van der Waals surface area contributed by atoms with Gasteiger partial charge in [0.05, 0.1) is 0 Å². The van der Waals surface area contributed by atoms with E-state index in [1.165, 1.54) is 17.5 Å². The molecule has 2 aliphatic rings. The first kappa shape index (κ1) is 23.6. The van der Waals surface area contributed by atoms with Gasteiger partial charge < -0.3 is 20.1 Å². The zero-order chi connectivity index (χ0) is 22.5. The number of rotatable bonds is 7. The maximum absolute atomic E-state index is 12.1. The molecule has 5 heteroatoms. The van der Waals surface area contributed by atoms with Crippen LogP contribution in [-0.4, -0.2) is 48.9 Å². The summed E-state index contributed by atoms with van der Waals surface area (Å²) in [5, 5.41) is 13.8. The number of likely N-dealkylation sites (N-methyl/N-ethyl adjacent to an activating group) is 1. The van der Waals surface area contributed by atoms with Gasteiger partial charge in [-0.25, -0.2) is 4.79 Å². The Hall–Kier alpha value is -2.03. The Morgan fingerprint density at radius 2 is 2.16 bits per heavy atom. The highest BCUT2D eigenvalue weighted by Gasteiger charge is 2.50. The molecule has 1 saturated carbocycles. The van der Waals surface area contributed by atoms with Crippen molar-refractivity contribution in [2.45, 2.75) is 76.2 Å². The SMILES string of the molecule is CC#C[C@@]1(O)CC[C@]2(CCCC)c3ccc(OC(=O)NCCN(C)C)cc3CC[C@H]2C1. The van der Waals surface area contributed by atoms with E-state index in [2.05, 4.69) is 36.2 Å². The molecule has 3 rings (SSSR count). The normalized spacial score (nSPS) is 27.0. The van der Waals surface area contributed by atoms with Crippen molar-refractivity contribution in [3.8, 4) is 17.6 Å². The second-order valence-electron chi connectivity index (χ2n) is 9.54. The molecule has 1 aromatic carbocycles. The van der Waals surface area contributed by atoms with E-state index in [1.54, 1.807) is 0 Å². The number of hydrogen-bond acceptors (Lipinski definition) is 4. The number of nitrogens with zero attached hydrogens (tertiary/aromatic N) is 1. The number of aryl methyl sites for hydroxylation is 1. The summed E-state index contributed by atoms with van der Waals surface area (Å²) in [5.74, 6) is 7.06. The molecular formula is C26H38N2O3. The standard InChI is InChI=1S/C26H38N2O3/c1-5-7-13-26-15-14-25(30,12-6-2)19-21(26)9-8-20-18-22(10-11-23(20)26)31-24(29)27-16-17-28(3)4/h10-11,18,21,30H,5,7-9,13-17,19H2,1-4H3,(H,27,29)/t21-,25+,26-/m0/s1. The second-order valence-corrected chi connectivity index (χ2v) is 9.54. The molecule has 2 N–H and O–H groups in total. The highest BCUT2D eigenvalue weighted by Crippen LogP contribution is 2.55. The molecule has 0 unspecified atom stereocenters. The predicted octanol–water partition coefficient (Wildman–Crippen LogP) is 4.27. The van der Waals surface area contributed by atoms with Crippen LogP contribution >= 0.6 is 0 Å². The molecule has 1 aromatic rings. The molecule has 0 spiro atoms. The van der Waals surface area contributed by atoms with Crippen LogP contribution in [0.3, 0.4) is 0 Å². The van der Waals surface area contributed by atoms with Gasteiger partial charge in [-0.2, -0.15) is 0 Å². The Bertz CT molecular complexity index is 841. The number of nitrogens with one attached hydrogen (secondary N) is 1. The van der Waals surface area contributed by atoms with Gasteiger partial charge in [-0.3, -0.25) is 0 Å². The molecule has 0 saturated heterocycles. The van der Waals surface area contributed by atoms with E-state index in [0.29, 0.717) is 18.2 Å². The number of unbranched alkanes of at least 4 members (excludes halogenated alkanes) is 1. The minimum atomic E-state index is -0.847. The van der Waals surface area contributed by atoms with Crippen molar-refractivity contribution < 1.29 is 14.6 Å². The summed E-state index contributed by atoms with van der Waals surface area (Å²) in [6, 6.07) is 6.17. The number of benzene rings is 1. The lowest BCUT2D eigenvalue weighted by molar-refractivity contribution is -0.0113. The predicted molar refractivity (Wildman–Crippen MR) is 124 cm³/mol. The van der Waals surface area contributed by atoms with Crippen LogP contribution in [0.4, 0.5) is 4.79 Å². The van der Waals surface area contributed by atoms with Gasteiger partial charge in [0.15, 0.2) is 0 Å². The summed E-state index contributed by atoms with van der Waals surface area (Å²) in [6.07, 6.45) is 7.51. The average molecular weight is 427 g/mol. The number of amides is 1. The van der Waals surface area contributed by atoms with E-state index in [1.807, 2.05) is 32.0 Å². The highest BCUT2D eigenvalue weighted by atomic mass is 16.6. The lowest BCUT2D eigenvalue weighted by atomic mass is 9.53. The van der Waals surface area contributed by atoms with Crippen LogP contribution in [0.25, 0.3) is 0 Å². The van der Waals surface area contributed by atoms with Crippen LogP contribution in [0, 0.1) is 17.8 Å². The number of ether oxygens (including phenoxy) is 1. The maximum atomic E-state index is 12.1. The quantitative estimate of drug-likeness (QED) is 0.640. The van der Waals surface area contributed by atoms with Crippen molar-refractivity contribution in [3.63, 3.8) is 0 Å². The van der Waals surface area contributed by atoms with Gasteiger partial charge in [0.25, 0.3) is 0 Å². The Balaban J connectivity index is 1.80. The molecule has 0 radical (unpaired) electrons. The molecule has 0 aromatic heterocycles. The smallest absolute Gasteiger partial charge is 0.410 e. The minimum Gasteiger partial charge on any atom is -0.410 e. The fraction of sp³-hybridized carbons (Fsp3) is 0.654. The van der Waals surface area contributed by atoms with Crippen LogP contribution in [-0.2, 0) is 11.8 Å². The van der Waals surface area contributed by atoms with Crippen molar-refractivity contribution in [2.75, 3.05) is 27.2 Å². The molecule has 0 heterocycles. The van der Waals surface area contributed by atoms with Crippen LogP contribution in [0.15, 0.2) is 18.2 Å². The molecular weight excluding hydrogens is 388 g/mol. The molecule has 3 atom stereocenters. The number of aliphatic hydroxyl groups is 1. The summed E-state index contributed by atoms with van der Waals surface area (Å²) in [6.45, 7) is 5.38. The Labute approximate surface area is 187 Å². The van der Waals surface area contributed by atoms with E-state index in [0.717, 1.165) is 51.5 Å². The van der Waals surface area contributed by atoms with Crippen LogP contribution in [0.5, 0.6) is 5.75 Å². The molecule has 0 bridgehead atoms. The first-order valence-corrected chi connectivity index (χ1v) is 11.7. The van der Waals surface area contributed by atoms with Crippen molar-refractivity contribution in [3.05, 3.63) is 29.3 Å². The topological polar surface area (TPSA) is 61.8 Å². The highest BCUT2D eigenvalue weighted by molar-refractivity contribution is 5.70. The fourth-order valence-corrected chi connectivity index (χ4v) is 5.55. The van der Waals surface area contributed by atoms with E-state index in [9.17, 15) is 9.90 Å².